The maximum absolute atomic E-state index is 11.1. The summed E-state index contributed by atoms with van der Waals surface area (Å²) in [6.07, 6.45) is 0.858. The summed E-state index contributed by atoms with van der Waals surface area (Å²) < 4.78 is 5.04. The molecule has 0 saturated heterocycles. The molecule has 0 heterocycles. The summed E-state index contributed by atoms with van der Waals surface area (Å²) in [6, 6.07) is 6.33. The number of hydrogen-bond acceptors (Lipinski definition) is 3. The fourth-order valence-electron chi connectivity index (χ4n) is 1.41. The van der Waals surface area contributed by atoms with Crippen LogP contribution in [-0.4, -0.2) is 18.3 Å². The van der Waals surface area contributed by atoms with E-state index in [1.54, 1.807) is 6.92 Å². The van der Waals surface area contributed by atoms with Gasteiger partial charge in [-0.05, 0) is 44.4 Å². The van der Waals surface area contributed by atoms with E-state index in [1.807, 2.05) is 11.8 Å². The number of benzene rings is 1. The first-order valence-corrected chi connectivity index (χ1v) is 7.02. The van der Waals surface area contributed by atoms with Crippen LogP contribution in [0.5, 0.6) is 0 Å². The molecule has 0 unspecified atom stereocenters. The molecular weight excluding hydrogens is 244 g/mol. The van der Waals surface area contributed by atoms with Crippen molar-refractivity contribution >= 4 is 17.7 Å². The van der Waals surface area contributed by atoms with E-state index in [9.17, 15) is 4.79 Å². The highest BCUT2D eigenvalue weighted by molar-refractivity contribution is 7.99. The molecule has 1 rings (SSSR count). The molecule has 0 spiro atoms. The van der Waals surface area contributed by atoms with E-state index in [4.69, 9.17) is 4.74 Å². The second kappa shape index (κ2) is 7.27. The van der Waals surface area contributed by atoms with Gasteiger partial charge in [-0.3, -0.25) is 0 Å². The van der Waals surface area contributed by atoms with Gasteiger partial charge >= 0.3 is 5.97 Å². The van der Waals surface area contributed by atoms with Crippen LogP contribution in [0.25, 0.3) is 0 Å². The molecule has 98 valence electrons. The van der Waals surface area contributed by atoms with Crippen molar-refractivity contribution in [3.8, 4) is 0 Å². The first-order chi connectivity index (χ1) is 8.52. The Morgan fingerprint density at radius 1 is 1.39 bits per heavy atom. The third kappa shape index (κ3) is 4.57. The Kier molecular flexibility index (Phi) is 5.99. The van der Waals surface area contributed by atoms with Gasteiger partial charge < -0.3 is 4.74 Å². The van der Waals surface area contributed by atoms with E-state index >= 15 is 0 Å². The predicted octanol–water partition coefficient (Wildman–Crippen LogP) is 3.90. The number of carbonyl (C=O) groups excluding carboxylic acids is 1. The molecule has 0 aromatic heterocycles. The van der Waals surface area contributed by atoms with Gasteiger partial charge in [0.25, 0.3) is 0 Å². The normalized spacial score (nSPS) is 10.2. The van der Waals surface area contributed by atoms with Gasteiger partial charge in [0.15, 0.2) is 0 Å². The predicted molar refractivity (Wildman–Crippen MR) is 77.0 cm³/mol. The summed E-state index contributed by atoms with van der Waals surface area (Å²) in [5.74, 6) is 0.653. The molecule has 3 heteroatoms. The summed E-state index contributed by atoms with van der Waals surface area (Å²) in [7, 11) is 0. The van der Waals surface area contributed by atoms with Gasteiger partial charge in [0.05, 0.1) is 6.61 Å². The average Bonchev–Trinajstić information content (AvgIpc) is 2.33. The second-order valence-electron chi connectivity index (χ2n) is 4.32. The van der Waals surface area contributed by atoms with Crippen LogP contribution in [0.4, 0.5) is 0 Å². The molecule has 1 aromatic carbocycles. The number of thioether (sulfide) groups is 1. The van der Waals surface area contributed by atoms with Crippen LogP contribution in [0, 0.1) is 13.8 Å². The van der Waals surface area contributed by atoms with E-state index in [1.165, 1.54) is 16.0 Å². The molecular formula is C15H20O2S. The topological polar surface area (TPSA) is 26.3 Å². The van der Waals surface area contributed by atoms with Crippen LogP contribution < -0.4 is 0 Å². The van der Waals surface area contributed by atoms with Gasteiger partial charge in [0.2, 0.25) is 0 Å². The van der Waals surface area contributed by atoms with Gasteiger partial charge in [0, 0.05) is 16.2 Å². The summed E-state index contributed by atoms with van der Waals surface area (Å²) in [4.78, 5) is 12.5. The van der Waals surface area contributed by atoms with Crippen molar-refractivity contribution in [1.82, 2.24) is 0 Å². The Hall–Kier alpha value is -1.22. The SMILES string of the molecule is C=C(C)C(=O)OCCCSc1cccc(C)c1C. The lowest BCUT2D eigenvalue weighted by Gasteiger charge is -2.08. The lowest BCUT2D eigenvalue weighted by Crippen LogP contribution is -2.06. The van der Waals surface area contributed by atoms with Gasteiger partial charge in [-0.1, -0.05) is 18.7 Å². The highest BCUT2D eigenvalue weighted by Crippen LogP contribution is 2.24. The highest BCUT2D eigenvalue weighted by Gasteiger charge is 2.03. The van der Waals surface area contributed by atoms with E-state index in [0.717, 1.165) is 12.2 Å². The van der Waals surface area contributed by atoms with Crippen LogP contribution in [0.3, 0.4) is 0 Å². The molecule has 0 aliphatic heterocycles. The van der Waals surface area contributed by atoms with Crippen LogP contribution in [0.1, 0.15) is 24.5 Å². The zero-order chi connectivity index (χ0) is 13.5. The minimum atomic E-state index is -0.299. The number of ether oxygens (including phenoxy) is 1. The molecule has 18 heavy (non-hydrogen) atoms. The van der Waals surface area contributed by atoms with Crippen LogP contribution in [0.2, 0.25) is 0 Å². The first kappa shape index (κ1) is 14.8. The third-order valence-corrected chi connectivity index (χ3v) is 3.93. The lowest BCUT2D eigenvalue weighted by molar-refractivity contribution is -0.138. The van der Waals surface area contributed by atoms with Crippen molar-refractivity contribution in [2.24, 2.45) is 0 Å². The number of rotatable bonds is 6. The Labute approximate surface area is 113 Å². The van der Waals surface area contributed by atoms with Gasteiger partial charge in [0.1, 0.15) is 0 Å². The van der Waals surface area contributed by atoms with E-state index in [-0.39, 0.29) is 5.97 Å². The average molecular weight is 264 g/mol. The summed E-state index contributed by atoms with van der Waals surface area (Å²) in [5.41, 5.74) is 3.10. The van der Waals surface area contributed by atoms with Crippen LogP contribution in [0.15, 0.2) is 35.2 Å². The summed E-state index contributed by atoms with van der Waals surface area (Å²) in [5, 5.41) is 0. The molecule has 0 atom stereocenters. The number of aryl methyl sites for hydroxylation is 1. The molecule has 0 amide bonds. The largest absolute Gasteiger partial charge is 0.462 e. The van der Waals surface area contributed by atoms with Gasteiger partial charge in [-0.2, -0.15) is 0 Å². The van der Waals surface area contributed by atoms with Crippen LogP contribution in [-0.2, 0) is 9.53 Å². The third-order valence-electron chi connectivity index (χ3n) is 2.68. The van der Waals surface area contributed by atoms with E-state index in [2.05, 4.69) is 38.6 Å². The van der Waals surface area contributed by atoms with E-state index < -0.39 is 0 Å². The minimum absolute atomic E-state index is 0.299. The maximum atomic E-state index is 11.1. The van der Waals surface area contributed by atoms with Gasteiger partial charge in [-0.15, -0.1) is 11.8 Å². The molecule has 0 radical (unpaired) electrons. The number of hydrogen-bond donors (Lipinski definition) is 0. The Morgan fingerprint density at radius 2 is 2.11 bits per heavy atom. The molecule has 2 nitrogen and oxygen atoms in total. The molecule has 0 aliphatic rings. The molecule has 0 N–H and O–H groups in total. The second-order valence-corrected chi connectivity index (χ2v) is 5.45. The minimum Gasteiger partial charge on any atom is -0.462 e. The van der Waals surface area contributed by atoms with Crippen molar-refractivity contribution in [2.45, 2.75) is 32.1 Å². The molecule has 0 aliphatic carbocycles. The first-order valence-electron chi connectivity index (χ1n) is 6.04. The molecule has 0 fully saturated rings. The Bertz CT molecular complexity index is 438. The monoisotopic (exact) mass is 264 g/mol. The van der Waals surface area contributed by atoms with E-state index in [0.29, 0.717) is 12.2 Å². The zero-order valence-electron chi connectivity index (χ0n) is 11.3. The van der Waals surface area contributed by atoms with Gasteiger partial charge in [-0.25, -0.2) is 4.79 Å². The summed E-state index contributed by atoms with van der Waals surface area (Å²) in [6.45, 7) is 9.92. The quantitative estimate of drug-likeness (QED) is 0.337. The number of carbonyl (C=O) groups is 1. The van der Waals surface area contributed by atoms with Crippen molar-refractivity contribution in [3.05, 3.63) is 41.5 Å². The molecule has 0 bridgehead atoms. The fourth-order valence-corrected chi connectivity index (χ4v) is 2.44. The molecule has 1 aromatic rings. The standard InChI is InChI=1S/C15H20O2S/c1-11(2)15(16)17-9-6-10-18-14-8-5-7-12(3)13(14)4/h5,7-8H,1,6,9-10H2,2-4H3. The van der Waals surface area contributed by atoms with Crippen molar-refractivity contribution in [2.75, 3.05) is 12.4 Å². The smallest absolute Gasteiger partial charge is 0.333 e. The fraction of sp³-hybridized carbons (Fsp3) is 0.400. The Balaban J connectivity index is 2.28. The zero-order valence-corrected chi connectivity index (χ0v) is 12.1. The van der Waals surface area contributed by atoms with Crippen molar-refractivity contribution in [3.63, 3.8) is 0 Å². The summed E-state index contributed by atoms with van der Waals surface area (Å²) >= 11 is 1.81. The highest BCUT2D eigenvalue weighted by atomic mass is 32.2. The van der Waals surface area contributed by atoms with Crippen LogP contribution >= 0.6 is 11.8 Å². The maximum Gasteiger partial charge on any atom is 0.333 e. The molecule has 0 saturated carbocycles. The lowest BCUT2D eigenvalue weighted by atomic mass is 10.1. The van der Waals surface area contributed by atoms with Crippen molar-refractivity contribution < 1.29 is 9.53 Å². The van der Waals surface area contributed by atoms with Crippen molar-refractivity contribution in [1.29, 1.82) is 0 Å². The Morgan fingerprint density at radius 3 is 2.78 bits per heavy atom. The number of esters is 1.